The van der Waals surface area contributed by atoms with E-state index in [2.05, 4.69) is 22.9 Å². The van der Waals surface area contributed by atoms with Gasteiger partial charge in [0.25, 0.3) is 5.91 Å². The average molecular weight is 476 g/mol. The second kappa shape index (κ2) is 10.8. The maximum Gasteiger partial charge on any atom is 0.573 e. The van der Waals surface area contributed by atoms with Crippen LogP contribution in [-0.2, 0) is 6.42 Å². The van der Waals surface area contributed by atoms with Crippen LogP contribution in [-0.4, -0.2) is 24.9 Å². The summed E-state index contributed by atoms with van der Waals surface area (Å²) in [4.78, 5) is 24.6. The molecule has 0 atom stereocenters. The lowest BCUT2D eigenvalue weighted by Crippen LogP contribution is -2.38. The van der Waals surface area contributed by atoms with Crippen molar-refractivity contribution in [1.82, 2.24) is 5.32 Å². The number of halogens is 3. The van der Waals surface area contributed by atoms with Gasteiger partial charge in [0.15, 0.2) is 0 Å². The Hall–Kier alpha value is -3.66. The molecule has 0 radical (unpaired) electrons. The Balaban J connectivity index is 1.55. The fraction of sp³-hybridized carbons (Fsp3) is 0.130. The molecule has 0 unspecified atom stereocenters. The van der Waals surface area contributed by atoms with Crippen molar-refractivity contribution in [3.63, 3.8) is 0 Å². The van der Waals surface area contributed by atoms with Gasteiger partial charge in [0, 0.05) is 18.1 Å². The zero-order valence-corrected chi connectivity index (χ0v) is 18.0. The van der Waals surface area contributed by atoms with Crippen LogP contribution in [0.1, 0.15) is 15.9 Å². The monoisotopic (exact) mass is 476 g/mol. The smallest absolute Gasteiger partial charge is 0.493 e. The number of benzene rings is 3. The van der Waals surface area contributed by atoms with Gasteiger partial charge in [-0.15, -0.1) is 13.2 Å². The molecule has 0 saturated carbocycles. The van der Waals surface area contributed by atoms with Crippen LogP contribution in [0.3, 0.4) is 0 Å². The van der Waals surface area contributed by atoms with E-state index in [0.717, 1.165) is 34.1 Å². The molecular weight excluding hydrogens is 457 g/mol. The van der Waals surface area contributed by atoms with Crippen LogP contribution in [0.2, 0.25) is 0 Å². The van der Waals surface area contributed by atoms with Gasteiger partial charge in [-0.3, -0.25) is 10.1 Å². The van der Waals surface area contributed by atoms with Crippen molar-refractivity contribution in [1.29, 1.82) is 0 Å². The summed E-state index contributed by atoms with van der Waals surface area (Å²) in [6, 6.07) is 19.7. The zero-order chi connectivity index (χ0) is 23.8. The minimum Gasteiger partial charge on any atom is -0.493 e. The summed E-state index contributed by atoms with van der Waals surface area (Å²) in [5.74, 6) is -0.778. The Morgan fingerprint density at radius 3 is 2.27 bits per heavy atom. The van der Waals surface area contributed by atoms with Crippen molar-refractivity contribution < 1.29 is 32.2 Å². The first kappa shape index (κ1) is 24.0. The topological polar surface area (TPSA) is 67.9 Å². The summed E-state index contributed by atoms with van der Waals surface area (Å²) in [7, 11) is 0. The minimum absolute atomic E-state index is 0.0300. The molecule has 3 aromatic rings. The number of carbonyl (C=O) groups is 2. The molecule has 3 rings (SSSR count). The number of rotatable bonds is 7. The summed E-state index contributed by atoms with van der Waals surface area (Å²) in [6.07, 6.45) is -4.14. The van der Waals surface area contributed by atoms with Gasteiger partial charge >= 0.3 is 12.4 Å². The largest absolute Gasteiger partial charge is 0.573 e. The second-order valence-corrected chi connectivity index (χ2v) is 7.12. The molecule has 0 bridgehead atoms. The standard InChI is InChI=1S/C23H19F3N2O4S/c24-23(25,26)32-19-11-9-17(10-12-19)21(29)27-22(30)28(33)18-7-4-8-20(15-18)31-14-13-16-5-2-1-3-6-16/h1-12,15,33H,13-14H2,(H,27,29,30). The molecule has 172 valence electrons. The van der Waals surface area contributed by atoms with E-state index >= 15 is 0 Å². The first-order valence-electron chi connectivity index (χ1n) is 9.68. The second-order valence-electron chi connectivity index (χ2n) is 6.72. The number of carbonyl (C=O) groups excluding carboxylic acids is 2. The number of nitrogens with zero attached hydrogens (tertiary/aromatic N) is 1. The van der Waals surface area contributed by atoms with Crippen LogP contribution in [0.5, 0.6) is 11.5 Å². The van der Waals surface area contributed by atoms with Gasteiger partial charge in [0.2, 0.25) is 0 Å². The number of ether oxygens (including phenoxy) is 2. The summed E-state index contributed by atoms with van der Waals surface area (Å²) in [5.41, 5.74) is 1.45. The average Bonchev–Trinajstić information content (AvgIpc) is 2.79. The molecular formula is C23H19F3N2O4S. The number of hydrogen-bond donors (Lipinski definition) is 2. The van der Waals surface area contributed by atoms with E-state index in [4.69, 9.17) is 4.74 Å². The predicted octanol–water partition coefficient (Wildman–Crippen LogP) is 5.41. The van der Waals surface area contributed by atoms with Crippen LogP contribution in [0, 0.1) is 0 Å². The Morgan fingerprint density at radius 1 is 0.909 bits per heavy atom. The first-order valence-corrected chi connectivity index (χ1v) is 10.1. The maximum absolute atomic E-state index is 12.4. The number of imide groups is 1. The Bertz CT molecular complexity index is 1090. The summed E-state index contributed by atoms with van der Waals surface area (Å²) in [5, 5.41) is 2.11. The molecule has 0 aliphatic rings. The van der Waals surface area contributed by atoms with Gasteiger partial charge in [0.05, 0.1) is 12.3 Å². The molecule has 0 spiro atoms. The molecule has 0 fully saturated rings. The van der Waals surface area contributed by atoms with E-state index in [1.807, 2.05) is 30.3 Å². The maximum atomic E-state index is 12.4. The van der Waals surface area contributed by atoms with Crippen molar-refractivity contribution in [3.05, 3.63) is 90.0 Å². The molecule has 33 heavy (non-hydrogen) atoms. The number of hydrogen-bond acceptors (Lipinski definition) is 5. The molecule has 6 nitrogen and oxygen atoms in total. The van der Waals surface area contributed by atoms with E-state index in [0.29, 0.717) is 24.5 Å². The highest BCUT2D eigenvalue weighted by molar-refractivity contribution is 7.82. The summed E-state index contributed by atoms with van der Waals surface area (Å²) >= 11 is 4.13. The Labute approximate surface area is 193 Å². The van der Waals surface area contributed by atoms with Crippen LogP contribution >= 0.6 is 12.8 Å². The van der Waals surface area contributed by atoms with Crippen LogP contribution in [0.4, 0.5) is 23.7 Å². The highest BCUT2D eigenvalue weighted by atomic mass is 32.1. The van der Waals surface area contributed by atoms with Gasteiger partial charge in [0.1, 0.15) is 11.5 Å². The van der Waals surface area contributed by atoms with Crippen LogP contribution < -0.4 is 19.1 Å². The lowest BCUT2D eigenvalue weighted by molar-refractivity contribution is -0.274. The zero-order valence-electron chi connectivity index (χ0n) is 17.1. The van der Waals surface area contributed by atoms with Crippen molar-refractivity contribution in [2.75, 3.05) is 10.9 Å². The molecule has 0 aliphatic carbocycles. The number of thiol groups is 1. The lowest BCUT2D eigenvalue weighted by Gasteiger charge is -2.17. The van der Waals surface area contributed by atoms with Crippen LogP contribution in [0.25, 0.3) is 0 Å². The number of nitrogens with one attached hydrogen (secondary N) is 1. The van der Waals surface area contributed by atoms with Gasteiger partial charge in [-0.05, 0) is 42.0 Å². The quantitative estimate of drug-likeness (QED) is 0.448. The molecule has 1 N–H and O–H groups in total. The van der Waals surface area contributed by atoms with Crippen molar-refractivity contribution in [3.8, 4) is 11.5 Å². The highest BCUT2D eigenvalue weighted by Gasteiger charge is 2.31. The number of amides is 3. The molecule has 3 amide bonds. The molecule has 3 aromatic carbocycles. The summed E-state index contributed by atoms with van der Waals surface area (Å²) < 4.78 is 47.1. The third-order valence-electron chi connectivity index (χ3n) is 4.33. The highest BCUT2D eigenvalue weighted by Crippen LogP contribution is 2.24. The normalized spacial score (nSPS) is 10.9. The Morgan fingerprint density at radius 2 is 1.61 bits per heavy atom. The number of urea groups is 1. The number of alkyl halides is 3. The Kier molecular flexibility index (Phi) is 7.83. The third-order valence-corrected chi connectivity index (χ3v) is 4.74. The van der Waals surface area contributed by atoms with E-state index in [1.165, 1.54) is 0 Å². The SMILES string of the molecule is O=C(NC(=O)N(S)c1cccc(OCCc2ccccc2)c1)c1ccc(OC(F)(F)F)cc1. The first-order chi connectivity index (χ1) is 15.7. The summed E-state index contributed by atoms with van der Waals surface area (Å²) in [6.45, 7) is 0.429. The fourth-order valence-electron chi connectivity index (χ4n) is 2.78. The minimum atomic E-state index is -4.84. The van der Waals surface area contributed by atoms with E-state index in [1.54, 1.807) is 24.3 Å². The lowest BCUT2D eigenvalue weighted by atomic mass is 10.2. The fourth-order valence-corrected chi connectivity index (χ4v) is 2.96. The van der Waals surface area contributed by atoms with E-state index in [9.17, 15) is 22.8 Å². The van der Waals surface area contributed by atoms with E-state index in [-0.39, 0.29) is 5.56 Å². The molecule has 10 heteroatoms. The van der Waals surface area contributed by atoms with E-state index < -0.39 is 24.1 Å². The van der Waals surface area contributed by atoms with Gasteiger partial charge in [-0.1, -0.05) is 49.2 Å². The van der Waals surface area contributed by atoms with Gasteiger partial charge in [-0.25, -0.2) is 9.10 Å². The van der Waals surface area contributed by atoms with Crippen molar-refractivity contribution in [2.24, 2.45) is 0 Å². The number of anilines is 1. The molecule has 0 saturated heterocycles. The van der Waals surface area contributed by atoms with Crippen LogP contribution in [0.15, 0.2) is 78.9 Å². The van der Waals surface area contributed by atoms with Crippen molar-refractivity contribution in [2.45, 2.75) is 12.8 Å². The molecule has 0 aromatic heterocycles. The third kappa shape index (κ3) is 7.46. The van der Waals surface area contributed by atoms with Gasteiger partial charge < -0.3 is 9.47 Å². The van der Waals surface area contributed by atoms with Gasteiger partial charge in [-0.2, -0.15) is 0 Å². The predicted molar refractivity (Wildman–Crippen MR) is 120 cm³/mol. The van der Waals surface area contributed by atoms with Crippen molar-refractivity contribution >= 4 is 30.4 Å². The molecule has 0 aliphatic heterocycles. The molecule has 0 heterocycles.